The lowest BCUT2D eigenvalue weighted by Crippen LogP contribution is -2.22. The smallest absolute Gasteiger partial charge is 0.306 e. The van der Waals surface area contributed by atoms with Gasteiger partial charge in [0, 0.05) is 11.8 Å². The lowest BCUT2D eigenvalue weighted by Gasteiger charge is -2.09. The average molecular weight is 378 g/mol. The Morgan fingerprint density at radius 1 is 1.38 bits per heavy atom. The fourth-order valence-corrected chi connectivity index (χ4v) is 2.62. The zero-order valence-corrected chi connectivity index (χ0v) is 14.0. The van der Waals surface area contributed by atoms with Crippen LogP contribution in [-0.2, 0) is 4.79 Å². The standard InChI is InChI=1S/C15H11FN4O5S/c1-8(26-15-19-18-14(25-15)12-3-2-6-24-12)13(21)17-9-4-5-10(16)11(7-9)20(22)23/h2-8H,1H3,(H,17,21). The zero-order chi connectivity index (χ0) is 18.7. The summed E-state index contributed by atoms with van der Waals surface area (Å²) in [5, 5.41) is 20.4. The van der Waals surface area contributed by atoms with Gasteiger partial charge in [-0.1, -0.05) is 11.8 Å². The molecule has 1 unspecified atom stereocenters. The van der Waals surface area contributed by atoms with Crippen LogP contribution in [-0.4, -0.2) is 26.3 Å². The molecule has 0 spiro atoms. The van der Waals surface area contributed by atoms with Gasteiger partial charge in [0.1, 0.15) is 0 Å². The van der Waals surface area contributed by atoms with Gasteiger partial charge in [0.15, 0.2) is 5.76 Å². The molecule has 11 heteroatoms. The van der Waals surface area contributed by atoms with E-state index >= 15 is 0 Å². The second-order valence-electron chi connectivity index (χ2n) is 5.02. The third kappa shape index (κ3) is 3.88. The second kappa shape index (κ2) is 7.35. The molecule has 0 saturated carbocycles. The Bertz CT molecular complexity index is 943. The number of nitro groups is 1. The molecule has 0 aliphatic heterocycles. The molecule has 0 fully saturated rings. The first-order valence-electron chi connectivity index (χ1n) is 7.23. The summed E-state index contributed by atoms with van der Waals surface area (Å²) in [4.78, 5) is 22.1. The number of rotatable bonds is 6. The van der Waals surface area contributed by atoms with Crippen LogP contribution in [0.2, 0.25) is 0 Å². The van der Waals surface area contributed by atoms with Crippen molar-refractivity contribution in [3.05, 3.63) is 52.5 Å². The molecule has 0 bridgehead atoms. The number of hydrogen-bond donors (Lipinski definition) is 1. The van der Waals surface area contributed by atoms with Crippen molar-refractivity contribution in [2.45, 2.75) is 17.4 Å². The van der Waals surface area contributed by atoms with Crippen LogP contribution in [0.4, 0.5) is 15.8 Å². The van der Waals surface area contributed by atoms with Crippen molar-refractivity contribution < 1.29 is 22.9 Å². The average Bonchev–Trinajstić information content (AvgIpc) is 3.27. The molecule has 2 aromatic heterocycles. The molecule has 26 heavy (non-hydrogen) atoms. The SMILES string of the molecule is CC(Sc1nnc(-c2ccco2)o1)C(=O)Nc1ccc(F)c([N+](=O)[O-])c1. The highest BCUT2D eigenvalue weighted by Crippen LogP contribution is 2.27. The number of thioether (sulfide) groups is 1. The Labute approximate surface area is 149 Å². The van der Waals surface area contributed by atoms with Gasteiger partial charge >= 0.3 is 5.69 Å². The molecule has 2 heterocycles. The molecule has 3 rings (SSSR count). The molecule has 0 radical (unpaired) electrons. The second-order valence-corrected chi connectivity index (χ2v) is 6.32. The molecular weight excluding hydrogens is 367 g/mol. The first kappa shape index (κ1) is 17.6. The molecule has 1 amide bonds. The van der Waals surface area contributed by atoms with E-state index in [4.69, 9.17) is 8.83 Å². The number of amides is 1. The number of halogens is 1. The van der Waals surface area contributed by atoms with Crippen molar-refractivity contribution >= 4 is 29.0 Å². The monoisotopic (exact) mass is 378 g/mol. The van der Waals surface area contributed by atoms with Crippen molar-refractivity contribution in [3.63, 3.8) is 0 Å². The Morgan fingerprint density at radius 2 is 2.19 bits per heavy atom. The first-order valence-corrected chi connectivity index (χ1v) is 8.11. The number of benzene rings is 1. The van der Waals surface area contributed by atoms with Gasteiger partial charge in [-0.3, -0.25) is 14.9 Å². The molecule has 1 N–H and O–H groups in total. The third-order valence-corrected chi connectivity index (χ3v) is 4.13. The zero-order valence-electron chi connectivity index (χ0n) is 13.2. The van der Waals surface area contributed by atoms with E-state index in [-0.39, 0.29) is 16.8 Å². The topological polar surface area (TPSA) is 124 Å². The van der Waals surface area contributed by atoms with E-state index in [0.717, 1.165) is 23.9 Å². The summed E-state index contributed by atoms with van der Waals surface area (Å²) in [6, 6.07) is 6.43. The number of furan rings is 1. The fraction of sp³-hybridized carbons (Fsp3) is 0.133. The van der Waals surface area contributed by atoms with Gasteiger partial charge in [0.05, 0.1) is 16.4 Å². The molecule has 0 aliphatic carbocycles. The Balaban J connectivity index is 1.65. The van der Waals surface area contributed by atoms with E-state index in [1.165, 1.54) is 12.3 Å². The third-order valence-electron chi connectivity index (χ3n) is 3.20. The van der Waals surface area contributed by atoms with Crippen molar-refractivity contribution in [1.82, 2.24) is 10.2 Å². The number of nitrogens with one attached hydrogen (secondary N) is 1. The van der Waals surface area contributed by atoms with E-state index in [2.05, 4.69) is 15.5 Å². The fourth-order valence-electron chi connectivity index (χ4n) is 1.94. The van der Waals surface area contributed by atoms with E-state index in [0.29, 0.717) is 5.76 Å². The minimum absolute atomic E-state index is 0.109. The van der Waals surface area contributed by atoms with Gasteiger partial charge < -0.3 is 14.2 Å². The van der Waals surface area contributed by atoms with Crippen LogP contribution in [0.15, 0.2) is 50.7 Å². The Morgan fingerprint density at radius 3 is 2.88 bits per heavy atom. The van der Waals surface area contributed by atoms with Crippen LogP contribution < -0.4 is 5.32 Å². The first-order chi connectivity index (χ1) is 12.4. The summed E-state index contributed by atoms with van der Waals surface area (Å²) in [5.41, 5.74) is -0.611. The van der Waals surface area contributed by atoms with Crippen LogP contribution in [0.5, 0.6) is 0 Å². The number of carbonyl (C=O) groups excluding carboxylic acids is 1. The molecule has 9 nitrogen and oxygen atoms in total. The lowest BCUT2D eigenvalue weighted by molar-refractivity contribution is -0.387. The normalized spacial score (nSPS) is 11.9. The van der Waals surface area contributed by atoms with Gasteiger partial charge in [-0.25, -0.2) is 0 Å². The van der Waals surface area contributed by atoms with Gasteiger partial charge in [-0.2, -0.15) is 4.39 Å². The van der Waals surface area contributed by atoms with E-state index in [1.807, 2.05) is 0 Å². The van der Waals surface area contributed by atoms with Crippen molar-refractivity contribution in [2.24, 2.45) is 0 Å². The maximum atomic E-state index is 13.3. The number of nitro benzene ring substituents is 1. The summed E-state index contributed by atoms with van der Waals surface area (Å²) in [6.07, 6.45) is 1.46. The minimum Gasteiger partial charge on any atom is -0.459 e. The quantitative estimate of drug-likeness (QED) is 0.392. The number of anilines is 1. The maximum absolute atomic E-state index is 13.3. The van der Waals surface area contributed by atoms with Gasteiger partial charge in [0.2, 0.25) is 11.7 Å². The van der Waals surface area contributed by atoms with E-state index < -0.39 is 27.6 Å². The molecular formula is C15H11FN4O5S. The predicted molar refractivity (Wildman–Crippen MR) is 89.0 cm³/mol. The maximum Gasteiger partial charge on any atom is 0.306 e. The number of nitrogens with zero attached hydrogens (tertiary/aromatic N) is 3. The van der Waals surface area contributed by atoms with Gasteiger partial charge in [-0.15, -0.1) is 10.2 Å². The van der Waals surface area contributed by atoms with Crippen LogP contribution in [0, 0.1) is 15.9 Å². The molecule has 0 aliphatic rings. The molecule has 3 aromatic rings. The van der Waals surface area contributed by atoms with Crippen LogP contribution in [0.1, 0.15) is 6.92 Å². The van der Waals surface area contributed by atoms with E-state index in [9.17, 15) is 19.3 Å². The summed E-state index contributed by atoms with van der Waals surface area (Å²) in [5.74, 6) is -0.861. The van der Waals surface area contributed by atoms with Crippen molar-refractivity contribution in [3.8, 4) is 11.7 Å². The molecule has 1 atom stereocenters. The minimum atomic E-state index is -0.980. The van der Waals surface area contributed by atoms with Gasteiger partial charge in [-0.05, 0) is 31.2 Å². The van der Waals surface area contributed by atoms with Crippen LogP contribution in [0.3, 0.4) is 0 Å². The highest BCUT2D eigenvalue weighted by atomic mass is 32.2. The molecule has 0 saturated heterocycles. The summed E-state index contributed by atoms with van der Waals surface area (Å²) in [7, 11) is 0. The lowest BCUT2D eigenvalue weighted by atomic mass is 10.2. The van der Waals surface area contributed by atoms with Crippen LogP contribution in [0.25, 0.3) is 11.7 Å². The molecule has 1 aromatic carbocycles. The highest BCUT2D eigenvalue weighted by molar-refractivity contribution is 8.00. The van der Waals surface area contributed by atoms with E-state index in [1.54, 1.807) is 19.1 Å². The van der Waals surface area contributed by atoms with Crippen molar-refractivity contribution in [1.29, 1.82) is 0 Å². The summed E-state index contributed by atoms with van der Waals surface area (Å²) < 4.78 is 23.9. The highest BCUT2D eigenvalue weighted by Gasteiger charge is 2.21. The number of hydrogen-bond acceptors (Lipinski definition) is 8. The van der Waals surface area contributed by atoms with Gasteiger partial charge in [0.25, 0.3) is 11.1 Å². The van der Waals surface area contributed by atoms with Crippen LogP contribution >= 0.6 is 11.8 Å². The number of aromatic nitrogens is 2. The number of carbonyl (C=O) groups is 1. The molecule has 134 valence electrons. The predicted octanol–water partition coefficient (Wildman–Crippen LogP) is 3.50. The largest absolute Gasteiger partial charge is 0.459 e. The summed E-state index contributed by atoms with van der Waals surface area (Å²) >= 11 is 1.00. The van der Waals surface area contributed by atoms with Crippen molar-refractivity contribution in [2.75, 3.05) is 5.32 Å². The Hall–Kier alpha value is -3.21. The Kier molecular flexibility index (Phi) is 4.98. The summed E-state index contributed by atoms with van der Waals surface area (Å²) in [6.45, 7) is 1.59.